The third kappa shape index (κ3) is 5.46. The minimum absolute atomic E-state index is 0.111. The molecule has 3 nitrogen and oxygen atoms in total. The van der Waals surface area contributed by atoms with Crippen molar-refractivity contribution in [3.63, 3.8) is 0 Å². The molecule has 108 valence electrons. The van der Waals surface area contributed by atoms with Gasteiger partial charge in [-0.15, -0.1) is 0 Å². The Morgan fingerprint density at radius 2 is 2.20 bits per heavy atom. The predicted octanol–water partition coefficient (Wildman–Crippen LogP) is 2.32. The van der Waals surface area contributed by atoms with Crippen LogP contribution in [0.1, 0.15) is 18.4 Å². The molecule has 1 aromatic rings. The SMILES string of the molecule is OCC#Cc1ccc(OCCSCC2CCCO2)cc1. The van der Waals surface area contributed by atoms with Crippen LogP contribution in [-0.2, 0) is 4.74 Å². The van der Waals surface area contributed by atoms with E-state index >= 15 is 0 Å². The Labute approximate surface area is 124 Å². The Bertz CT molecular complexity index is 441. The molecule has 1 atom stereocenters. The molecular weight excluding hydrogens is 272 g/mol. The van der Waals surface area contributed by atoms with Crippen LogP contribution < -0.4 is 4.74 Å². The highest BCUT2D eigenvalue weighted by Gasteiger charge is 2.14. The van der Waals surface area contributed by atoms with Crippen LogP contribution in [0.3, 0.4) is 0 Å². The van der Waals surface area contributed by atoms with Crippen LogP contribution >= 0.6 is 11.8 Å². The Morgan fingerprint density at radius 1 is 1.35 bits per heavy atom. The average molecular weight is 292 g/mol. The van der Waals surface area contributed by atoms with Gasteiger partial charge in [0.05, 0.1) is 12.7 Å². The van der Waals surface area contributed by atoms with Crippen molar-refractivity contribution in [2.75, 3.05) is 31.3 Å². The molecule has 4 heteroatoms. The molecule has 1 heterocycles. The largest absolute Gasteiger partial charge is 0.493 e. The highest BCUT2D eigenvalue weighted by atomic mass is 32.2. The maximum absolute atomic E-state index is 8.62. The van der Waals surface area contributed by atoms with E-state index in [4.69, 9.17) is 14.6 Å². The lowest BCUT2D eigenvalue weighted by Crippen LogP contribution is -2.10. The first-order valence-electron chi connectivity index (χ1n) is 6.90. The number of aliphatic hydroxyl groups is 1. The molecule has 0 aliphatic carbocycles. The van der Waals surface area contributed by atoms with Crippen molar-refractivity contribution in [1.29, 1.82) is 0 Å². The zero-order valence-electron chi connectivity index (χ0n) is 11.5. The standard InChI is InChI=1S/C16H20O3S/c17-9-1-3-14-5-7-15(8-6-14)19-11-12-20-13-16-4-2-10-18-16/h5-8,16-17H,2,4,9-13H2. The van der Waals surface area contributed by atoms with Crippen LogP contribution in [0.25, 0.3) is 0 Å². The summed E-state index contributed by atoms with van der Waals surface area (Å²) in [4.78, 5) is 0. The van der Waals surface area contributed by atoms with Gasteiger partial charge in [0.25, 0.3) is 0 Å². The molecular formula is C16H20O3S. The second-order valence-electron chi connectivity index (χ2n) is 4.54. The molecule has 0 aromatic heterocycles. The number of hydrogen-bond acceptors (Lipinski definition) is 4. The zero-order chi connectivity index (χ0) is 14.0. The summed E-state index contributed by atoms with van der Waals surface area (Å²) in [6, 6.07) is 7.62. The van der Waals surface area contributed by atoms with Gasteiger partial charge in [-0.25, -0.2) is 0 Å². The van der Waals surface area contributed by atoms with E-state index in [0.29, 0.717) is 12.7 Å². The topological polar surface area (TPSA) is 38.7 Å². The minimum atomic E-state index is -0.111. The number of aliphatic hydroxyl groups excluding tert-OH is 1. The monoisotopic (exact) mass is 292 g/mol. The predicted molar refractivity (Wildman–Crippen MR) is 82.2 cm³/mol. The fraction of sp³-hybridized carbons (Fsp3) is 0.500. The van der Waals surface area contributed by atoms with Crippen molar-refractivity contribution >= 4 is 11.8 Å². The van der Waals surface area contributed by atoms with E-state index in [-0.39, 0.29) is 6.61 Å². The second-order valence-corrected chi connectivity index (χ2v) is 5.69. The van der Waals surface area contributed by atoms with E-state index in [9.17, 15) is 0 Å². The van der Waals surface area contributed by atoms with Crippen molar-refractivity contribution in [1.82, 2.24) is 0 Å². The Morgan fingerprint density at radius 3 is 2.90 bits per heavy atom. The molecule has 1 aliphatic rings. The van der Waals surface area contributed by atoms with Crippen molar-refractivity contribution in [3.8, 4) is 17.6 Å². The lowest BCUT2D eigenvalue weighted by atomic mass is 10.2. The van der Waals surface area contributed by atoms with Gasteiger partial charge in [-0.2, -0.15) is 11.8 Å². The molecule has 2 rings (SSSR count). The van der Waals surface area contributed by atoms with Gasteiger partial charge in [0.1, 0.15) is 12.4 Å². The Hall–Kier alpha value is -1.15. The summed E-state index contributed by atoms with van der Waals surface area (Å²) in [5.74, 6) is 8.38. The third-order valence-corrected chi connectivity index (χ3v) is 4.05. The van der Waals surface area contributed by atoms with Crippen LogP contribution in [0.4, 0.5) is 0 Å². The van der Waals surface area contributed by atoms with Crippen molar-refractivity contribution in [2.24, 2.45) is 0 Å². The number of ether oxygens (including phenoxy) is 2. The van der Waals surface area contributed by atoms with Gasteiger partial charge in [0.2, 0.25) is 0 Å². The Kier molecular flexibility index (Phi) is 6.79. The number of rotatable bonds is 6. The van der Waals surface area contributed by atoms with Crippen LogP contribution in [0.2, 0.25) is 0 Å². The number of hydrogen-bond donors (Lipinski definition) is 1. The second kappa shape index (κ2) is 8.91. The van der Waals surface area contributed by atoms with Crippen molar-refractivity contribution in [3.05, 3.63) is 29.8 Å². The number of thioether (sulfide) groups is 1. The zero-order valence-corrected chi connectivity index (χ0v) is 12.3. The third-order valence-electron chi connectivity index (χ3n) is 2.99. The van der Waals surface area contributed by atoms with E-state index < -0.39 is 0 Å². The van der Waals surface area contributed by atoms with Gasteiger partial charge in [-0.05, 0) is 37.1 Å². The van der Waals surface area contributed by atoms with Gasteiger partial charge in [-0.1, -0.05) is 11.8 Å². The lowest BCUT2D eigenvalue weighted by molar-refractivity contribution is 0.129. The average Bonchev–Trinajstić information content (AvgIpc) is 2.99. The molecule has 1 unspecified atom stereocenters. The van der Waals surface area contributed by atoms with Crippen molar-refractivity contribution < 1.29 is 14.6 Å². The van der Waals surface area contributed by atoms with E-state index in [2.05, 4.69) is 11.8 Å². The van der Waals surface area contributed by atoms with Gasteiger partial charge in [0.15, 0.2) is 0 Å². The summed E-state index contributed by atoms with van der Waals surface area (Å²) >= 11 is 1.88. The molecule has 0 radical (unpaired) electrons. The summed E-state index contributed by atoms with van der Waals surface area (Å²) in [7, 11) is 0. The first kappa shape index (κ1) is 15.2. The fourth-order valence-corrected chi connectivity index (χ4v) is 2.88. The quantitative estimate of drug-likeness (QED) is 0.645. The molecule has 0 amide bonds. The molecule has 1 fully saturated rings. The molecule has 0 spiro atoms. The highest BCUT2D eigenvalue weighted by Crippen LogP contribution is 2.17. The minimum Gasteiger partial charge on any atom is -0.493 e. The van der Waals surface area contributed by atoms with Crippen molar-refractivity contribution in [2.45, 2.75) is 18.9 Å². The molecule has 1 aromatic carbocycles. The van der Waals surface area contributed by atoms with Crippen LogP contribution in [0.5, 0.6) is 5.75 Å². The van der Waals surface area contributed by atoms with Gasteiger partial charge < -0.3 is 14.6 Å². The lowest BCUT2D eigenvalue weighted by Gasteiger charge is -2.09. The maximum atomic E-state index is 8.62. The normalized spacial score (nSPS) is 17.6. The number of benzene rings is 1. The van der Waals surface area contributed by atoms with Gasteiger partial charge in [0, 0.05) is 23.7 Å². The summed E-state index contributed by atoms with van der Waals surface area (Å²) in [6.07, 6.45) is 2.85. The van der Waals surface area contributed by atoms with Crippen LogP contribution in [0, 0.1) is 11.8 Å². The summed E-state index contributed by atoms with van der Waals surface area (Å²) in [5.41, 5.74) is 0.888. The van der Waals surface area contributed by atoms with E-state index in [0.717, 1.165) is 29.4 Å². The van der Waals surface area contributed by atoms with Crippen LogP contribution in [0.15, 0.2) is 24.3 Å². The van der Waals surface area contributed by atoms with Gasteiger partial charge in [-0.3, -0.25) is 0 Å². The molecule has 1 aliphatic heterocycles. The molecule has 1 N–H and O–H groups in total. The first-order chi connectivity index (χ1) is 9.88. The molecule has 0 bridgehead atoms. The summed E-state index contributed by atoms with van der Waals surface area (Å²) in [6.45, 7) is 1.52. The molecule has 20 heavy (non-hydrogen) atoms. The first-order valence-corrected chi connectivity index (χ1v) is 8.06. The van der Waals surface area contributed by atoms with E-state index in [1.54, 1.807) is 0 Å². The van der Waals surface area contributed by atoms with E-state index in [1.165, 1.54) is 12.8 Å². The summed E-state index contributed by atoms with van der Waals surface area (Å²) in [5, 5.41) is 8.62. The molecule has 0 saturated carbocycles. The fourth-order valence-electron chi connectivity index (χ4n) is 1.99. The van der Waals surface area contributed by atoms with Crippen LogP contribution in [-0.4, -0.2) is 42.5 Å². The highest BCUT2D eigenvalue weighted by molar-refractivity contribution is 7.99. The smallest absolute Gasteiger partial charge is 0.119 e. The summed E-state index contributed by atoms with van der Waals surface area (Å²) < 4.78 is 11.2. The van der Waals surface area contributed by atoms with Gasteiger partial charge >= 0.3 is 0 Å². The van der Waals surface area contributed by atoms with E-state index in [1.807, 2.05) is 36.0 Å². The Balaban J connectivity index is 1.61. The maximum Gasteiger partial charge on any atom is 0.119 e. The molecule has 1 saturated heterocycles.